The Hall–Kier alpha value is -6.06. The van der Waals surface area contributed by atoms with E-state index in [4.69, 9.17) is 28.3 Å². The number of aryl methyl sites for hydroxylation is 2. The van der Waals surface area contributed by atoms with Crippen LogP contribution in [0.15, 0.2) is 147 Å². The number of phenols is 1. The molecule has 1 N–H and O–H groups in total. The lowest BCUT2D eigenvalue weighted by Crippen LogP contribution is -2.41. The third kappa shape index (κ3) is 9.31. The Morgan fingerprint density at radius 3 is 1.58 bits per heavy atom. The molecule has 1 atom stereocenters. The molecule has 12 rings (SSSR count). The highest BCUT2D eigenvalue weighted by Gasteiger charge is 2.53. The van der Waals surface area contributed by atoms with Gasteiger partial charge in [0.25, 0.3) is 0 Å². The Labute approximate surface area is 437 Å². The van der Waals surface area contributed by atoms with E-state index in [9.17, 15) is 5.11 Å². The van der Waals surface area contributed by atoms with E-state index in [2.05, 4.69) is 164 Å². The minimum absolute atomic E-state index is 0.258. The molecule has 13 heteroatoms. The van der Waals surface area contributed by atoms with Crippen LogP contribution in [0.4, 0.5) is 0 Å². The van der Waals surface area contributed by atoms with Crippen LogP contribution >= 0.6 is 38.6 Å². The third-order valence-corrected chi connectivity index (χ3v) is 16.3. The van der Waals surface area contributed by atoms with Crippen LogP contribution in [-0.4, -0.2) is 59.7 Å². The highest BCUT2D eigenvalue weighted by atomic mass is 79.9. The highest BCUT2D eigenvalue weighted by Crippen LogP contribution is 2.45. The number of thiophene rings is 2. The quantitative estimate of drug-likeness (QED) is 0.152. The van der Waals surface area contributed by atoms with Gasteiger partial charge in [-0.2, -0.15) is 0 Å². The van der Waals surface area contributed by atoms with E-state index < -0.39 is 18.3 Å². The van der Waals surface area contributed by atoms with Crippen LogP contribution in [0.5, 0.6) is 23.0 Å². The van der Waals surface area contributed by atoms with Crippen molar-refractivity contribution < 1.29 is 33.4 Å². The molecule has 10 aromatic rings. The standard InChI is InChI=1S/C30H34BNO4.C24H19NO2S.C5H5BrOS/c1-20-18-23(31-35-29(2,3)30(4,5)36-31)28(34-27-16-10-11-17-33-27)26(19-20)32-24-14-8-6-12-21(24)22-13-7-9-15-25(22)32;1-15-11-18(19-13-28-14-23(19)27-2)24(26)22(12-15)25-20-9-5-3-7-16(20)17-8-4-6-10-21(17)25;1-7-5-3-8-2-4(5)6/h6-9,12-15,18-19,27H,10-11,16-17H2,1-5H3;3-14,26H,1-2H3;2-3H,1H3. The van der Waals surface area contributed by atoms with Crippen LogP contribution < -0.4 is 19.7 Å². The fraction of sp³-hybridized carbons (Fsp3) is 0.254. The average molecular weight is 1060 g/mol. The minimum atomic E-state index is -0.541. The zero-order valence-electron chi connectivity index (χ0n) is 41.8. The van der Waals surface area contributed by atoms with Crippen LogP contribution in [0.25, 0.3) is 66.1 Å². The van der Waals surface area contributed by atoms with Crippen molar-refractivity contribution in [3.63, 3.8) is 0 Å². The fourth-order valence-corrected chi connectivity index (χ4v) is 11.9. The SMILES string of the molecule is COc1cscc1-c1cc(C)cc(-n2c3ccccc3c3ccccc32)c1O.COc1cscc1Br.Cc1cc(B2OC(C)(C)C(C)(C)O2)c(OC2CCCCO2)c(-n2c3ccccc3c3ccccc32)c1. The second kappa shape index (κ2) is 20.5. The van der Waals surface area contributed by atoms with E-state index in [-0.39, 0.29) is 12.0 Å². The second-order valence-corrected chi connectivity index (χ2v) is 21.6. The summed E-state index contributed by atoms with van der Waals surface area (Å²) in [6, 6.07) is 42.1. The van der Waals surface area contributed by atoms with E-state index in [1.807, 2.05) is 45.8 Å². The van der Waals surface area contributed by atoms with Crippen molar-refractivity contribution in [2.75, 3.05) is 20.8 Å². The molecule has 0 radical (unpaired) electrons. The summed E-state index contributed by atoms with van der Waals surface area (Å²) in [4.78, 5) is 0. The normalized spacial score (nSPS) is 16.1. The summed E-state index contributed by atoms with van der Waals surface area (Å²) in [5, 5.41) is 24.0. The van der Waals surface area contributed by atoms with Crippen molar-refractivity contribution in [1.29, 1.82) is 0 Å². The molecule has 2 fully saturated rings. The lowest BCUT2D eigenvalue weighted by atomic mass is 9.77. The van der Waals surface area contributed by atoms with E-state index >= 15 is 0 Å². The molecule has 1 unspecified atom stereocenters. The maximum Gasteiger partial charge on any atom is 0.498 e. The minimum Gasteiger partial charge on any atom is -0.505 e. The fourth-order valence-electron chi connectivity index (χ4n) is 9.71. The van der Waals surface area contributed by atoms with Gasteiger partial charge in [-0.25, -0.2) is 0 Å². The van der Waals surface area contributed by atoms with Gasteiger partial charge < -0.3 is 42.5 Å². The summed E-state index contributed by atoms with van der Waals surface area (Å²) in [5.74, 6) is 2.71. The van der Waals surface area contributed by atoms with Crippen molar-refractivity contribution in [3.8, 4) is 45.5 Å². The van der Waals surface area contributed by atoms with Crippen molar-refractivity contribution in [2.45, 2.75) is 78.3 Å². The van der Waals surface area contributed by atoms with E-state index in [0.29, 0.717) is 6.61 Å². The molecule has 2 saturated heterocycles. The van der Waals surface area contributed by atoms with Gasteiger partial charge in [0.2, 0.25) is 0 Å². The maximum atomic E-state index is 11.3. The molecule has 0 aliphatic carbocycles. The lowest BCUT2D eigenvalue weighted by Gasteiger charge is -2.32. The van der Waals surface area contributed by atoms with Crippen LogP contribution in [0.2, 0.25) is 0 Å². The Morgan fingerprint density at radius 1 is 0.611 bits per heavy atom. The van der Waals surface area contributed by atoms with Gasteiger partial charge in [-0.15, -0.1) is 22.7 Å². The summed E-state index contributed by atoms with van der Waals surface area (Å²) in [6.45, 7) is 13.2. The number of fused-ring (bicyclic) bond motifs is 6. The molecule has 9 nitrogen and oxygen atoms in total. The number of nitrogens with zero attached hydrogens (tertiary/aromatic N) is 2. The van der Waals surface area contributed by atoms with Crippen LogP contribution in [0, 0.1) is 13.8 Å². The molecular formula is C59H58BBrN2O7S2. The Kier molecular flexibility index (Phi) is 14.1. The topological polar surface area (TPSA) is 85.5 Å². The number of phenolic OH excluding ortho intramolecular Hbond substituents is 1. The van der Waals surface area contributed by atoms with Crippen LogP contribution in [-0.2, 0) is 14.0 Å². The number of ether oxygens (including phenoxy) is 4. The van der Waals surface area contributed by atoms with E-state index in [0.717, 1.165) is 102 Å². The van der Waals surface area contributed by atoms with Gasteiger partial charge in [0.1, 0.15) is 23.0 Å². The molecule has 2 aliphatic rings. The number of hydrogen-bond acceptors (Lipinski definition) is 9. The Bertz CT molecular complexity index is 3450. The van der Waals surface area contributed by atoms with Gasteiger partial charge >= 0.3 is 7.12 Å². The summed E-state index contributed by atoms with van der Waals surface area (Å²) in [6.07, 6.45) is 2.72. The molecule has 6 aromatic carbocycles. The second-order valence-electron chi connectivity index (χ2n) is 19.3. The number of para-hydroxylation sites is 4. The van der Waals surface area contributed by atoms with Gasteiger partial charge in [0.15, 0.2) is 6.29 Å². The van der Waals surface area contributed by atoms with Gasteiger partial charge in [0, 0.05) is 66.1 Å². The van der Waals surface area contributed by atoms with Crippen molar-refractivity contribution in [2.24, 2.45) is 0 Å². The predicted molar refractivity (Wildman–Crippen MR) is 301 cm³/mol. The lowest BCUT2D eigenvalue weighted by molar-refractivity contribution is -0.105. The molecule has 2 aliphatic heterocycles. The Balaban J connectivity index is 0.000000147. The van der Waals surface area contributed by atoms with E-state index in [1.165, 1.54) is 21.5 Å². The van der Waals surface area contributed by atoms with E-state index in [1.54, 1.807) is 36.9 Å². The smallest absolute Gasteiger partial charge is 0.498 e. The zero-order valence-corrected chi connectivity index (χ0v) is 45.0. The first kappa shape index (κ1) is 49.5. The van der Waals surface area contributed by atoms with Gasteiger partial charge in [-0.1, -0.05) is 78.9 Å². The number of rotatable bonds is 8. The summed E-state index contributed by atoms with van der Waals surface area (Å²) < 4.78 is 41.8. The van der Waals surface area contributed by atoms with Gasteiger partial charge in [-0.05, 0) is 124 Å². The first-order valence-electron chi connectivity index (χ1n) is 24.2. The largest absolute Gasteiger partial charge is 0.505 e. The summed E-state index contributed by atoms with van der Waals surface area (Å²) >= 11 is 6.50. The number of halogens is 1. The zero-order chi connectivity index (χ0) is 50.3. The number of methoxy groups -OCH3 is 2. The molecule has 4 aromatic heterocycles. The maximum absolute atomic E-state index is 11.3. The number of benzene rings is 6. The number of aromatic nitrogens is 2. The average Bonchev–Trinajstić information content (AvgIpc) is 4.21. The molecule has 368 valence electrons. The third-order valence-electron chi connectivity index (χ3n) is 14.0. The number of aromatic hydroxyl groups is 1. The molecule has 6 heterocycles. The van der Waals surface area contributed by atoms with Crippen molar-refractivity contribution >= 4 is 94.8 Å². The predicted octanol–water partition coefficient (Wildman–Crippen LogP) is 15.4. The molecule has 72 heavy (non-hydrogen) atoms. The van der Waals surface area contributed by atoms with Crippen molar-refractivity contribution in [1.82, 2.24) is 9.13 Å². The number of hydrogen-bond donors (Lipinski definition) is 1. The molecule has 0 spiro atoms. The molecule has 0 amide bonds. The summed E-state index contributed by atoms with van der Waals surface area (Å²) in [7, 11) is 2.78. The van der Waals surface area contributed by atoms with Crippen LogP contribution in [0.1, 0.15) is 58.1 Å². The van der Waals surface area contributed by atoms with Crippen LogP contribution in [0.3, 0.4) is 0 Å². The van der Waals surface area contributed by atoms with Crippen molar-refractivity contribution in [3.05, 3.63) is 158 Å². The molecule has 0 saturated carbocycles. The first-order chi connectivity index (χ1) is 34.8. The van der Waals surface area contributed by atoms with Gasteiger partial charge in [0.05, 0.1) is 69.9 Å². The molecule has 0 bridgehead atoms. The Morgan fingerprint density at radius 2 is 1.10 bits per heavy atom. The summed E-state index contributed by atoms with van der Waals surface area (Å²) in [5.41, 5.74) is 10.1. The first-order valence-corrected chi connectivity index (χ1v) is 26.9. The molecular weight excluding hydrogens is 1000 g/mol. The van der Waals surface area contributed by atoms with Gasteiger partial charge in [-0.3, -0.25) is 0 Å². The highest BCUT2D eigenvalue weighted by molar-refractivity contribution is 9.10. The monoisotopic (exact) mass is 1060 g/mol.